The van der Waals surface area contributed by atoms with Gasteiger partial charge >= 0.3 is 6.03 Å². The van der Waals surface area contributed by atoms with Crippen LogP contribution in [0.4, 0.5) is 4.79 Å². The predicted octanol–water partition coefficient (Wildman–Crippen LogP) is -0.144. The molecule has 7 heavy (non-hydrogen) atoms. The number of urea groups is 1. The smallest absolute Gasteiger partial charge is 0.327 e. The van der Waals surface area contributed by atoms with Crippen molar-refractivity contribution in [3.8, 4) is 0 Å². The molecule has 1 saturated heterocycles. The fourth-order valence-corrected chi connectivity index (χ4v) is 0.632. The molecule has 4 heteroatoms. The van der Waals surface area contributed by atoms with Gasteiger partial charge in [0.05, 0.1) is 6.54 Å². The van der Waals surface area contributed by atoms with Crippen molar-refractivity contribution < 1.29 is 4.79 Å². The average molecular weight is 118 g/mol. The molecule has 0 atom stereocenters. The minimum atomic E-state index is -0.0941. The van der Waals surface area contributed by atoms with Crippen LogP contribution in [0, 0.1) is 0 Å². The second kappa shape index (κ2) is 1.61. The molecule has 0 aromatic heterocycles. The van der Waals surface area contributed by atoms with Gasteiger partial charge in [0.1, 0.15) is 0 Å². The summed E-state index contributed by atoms with van der Waals surface area (Å²) in [7, 11) is 0. The topological polar surface area (TPSA) is 32.3 Å². The van der Waals surface area contributed by atoms with Gasteiger partial charge in [-0.3, -0.25) is 4.31 Å². The maximum atomic E-state index is 10.3. The van der Waals surface area contributed by atoms with Gasteiger partial charge in [-0.2, -0.15) is 0 Å². The lowest BCUT2D eigenvalue weighted by atomic mass is 10.7. The normalized spacial score (nSPS) is 20.1. The van der Waals surface area contributed by atoms with Gasteiger partial charge < -0.3 is 5.32 Å². The van der Waals surface area contributed by atoms with Gasteiger partial charge in [-0.25, -0.2) is 4.79 Å². The van der Waals surface area contributed by atoms with Crippen molar-refractivity contribution in [1.29, 1.82) is 0 Å². The number of thiol groups is 1. The molecule has 40 valence electrons. The minimum absolute atomic E-state index is 0.0941. The molecule has 0 unspecified atom stereocenters. The van der Waals surface area contributed by atoms with Crippen LogP contribution >= 0.6 is 12.8 Å². The Balaban J connectivity index is 2.48. The fraction of sp³-hybridized carbons (Fsp3) is 0.667. The summed E-state index contributed by atoms with van der Waals surface area (Å²) in [6.45, 7) is 1.43. The maximum Gasteiger partial charge on any atom is 0.327 e. The molecule has 0 radical (unpaired) electrons. The van der Waals surface area contributed by atoms with Crippen LogP contribution in [-0.4, -0.2) is 23.4 Å². The summed E-state index contributed by atoms with van der Waals surface area (Å²) >= 11 is 3.81. The van der Waals surface area contributed by atoms with Crippen molar-refractivity contribution in [2.45, 2.75) is 0 Å². The molecule has 0 saturated carbocycles. The van der Waals surface area contributed by atoms with E-state index in [-0.39, 0.29) is 6.03 Å². The summed E-state index contributed by atoms with van der Waals surface area (Å²) in [5, 5.41) is 2.58. The van der Waals surface area contributed by atoms with Crippen molar-refractivity contribution in [1.82, 2.24) is 9.62 Å². The Morgan fingerprint density at radius 1 is 1.86 bits per heavy atom. The second-order valence-electron chi connectivity index (χ2n) is 1.36. The lowest BCUT2D eigenvalue weighted by molar-refractivity contribution is 0.238. The van der Waals surface area contributed by atoms with Gasteiger partial charge in [0.25, 0.3) is 0 Å². The van der Waals surface area contributed by atoms with Crippen LogP contribution in [0.15, 0.2) is 0 Å². The zero-order valence-electron chi connectivity index (χ0n) is 3.72. The molecule has 1 N–H and O–H groups in total. The van der Waals surface area contributed by atoms with Gasteiger partial charge in [-0.05, 0) is 0 Å². The van der Waals surface area contributed by atoms with Crippen molar-refractivity contribution in [3.63, 3.8) is 0 Å². The SMILES string of the molecule is O=C1NCCN1S. The highest BCUT2D eigenvalue weighted by molar-refractivity contribution is 7.78. The minimum Gasteiger partial charge on any atom is -0.335 e. The van der Waals surface area contributed by atoms with Crippen molar-refractivity contribution in [2.75, 3.05) is 13.1 Å². The molecule has 1 aliphatic heterocycles. The third-order valence-electron chi connectivity index (χ3n) is 0.834. The highest BCUT2D eigenvalue weighted by Crippen LogP contribution is 1.97. The van der Waals surface area contributed by atoms with Crippen molar-refractivity contribution >= 4 is 18.8 Å². The molecular formula is C3H6N2OS. The Labute approximate surface area is 47.2 Å². The lowest BCUT2D eigenvalue weighted by Gasteiger charge is -1.99. The Morgan fingerprint density at radius 2 is 2.57 bits per heavy atom. The number of hydrogen-bond donors (Lipinski definition) is 2. The standard InChI is InChI=1S/C3H6N2OS/c6-3-4-1-2-5(3)7/h7H,1-2H2,(H,4,6). The molecule has 0 aromatic carbocycles. The molecule has 3 nitrogen and oxygen atoms in total. The van der Waals surface area contributed by atoms with E-state index in [1.165, 1.54) is 4.31 Å². The molecular weight excluding hydrogens is 112 g/mol. The quantitative estimate of drug-likeness (QED) is 0.426. The molecule has 0 aromatic rings. The summed E-state index contributed by atoms with van der Waals surface area (Å²) in [4.78, 5) is 10.3. The number of nitrogens with one attached hydrogen (secondary N) is 1. The largest absolute Gasteiger partial charge is 0.335 e. The van der Waals surface area contributed by atoms with Gasteiger partial charge in [-0.1, -0.05) is 12.8 Å². The van der Waals surface area contributed by atoms with E-state index in [4.69, 9.17) is 0 Å². The van der Waals surface area contributed by atoms with Gasteiger partial charge in [0, 0.05) is 6.54 Å². The van der Waals surface area contributed by atoms with Gasteiger partial charge in [0.15, 0.2) is 0 Å². The summed E-state index contributed by atoms with van der Waals surface area (Å²) in [5.41, 5.74) is 0. The number of hydrogen-bond acceptors (Lipinski definition) is 2. The lowest BCUT2D eigenvalue weighted by Crippen LogP contribution is -2.19. The van der Waals surface area contributed by atoms with E-state index in [1.807, 2.05) is 0 Å². The van der Waals surface area contributed by atoms with E-state index in [0.29, 0.717) is 6.54 Å². The first-order valence-electron chi connectivity index (χ1n) is 2.05. The number of carbonyl (C=O) groups excluding carboxylic acids is 1. The van der Waals surface area contributed by atoms with Crippen molar-refractivity contribution in [2.24, 2.45) is 0 Å². The van der Waals surface area contributed by atoms with Crippen LogP contribution in [0.1, 0.15) is 0 Å². The Hall–Kier alpha value is -0.380. The fourth-order valence-electron chi connectivity index (χ4n) is 0.462. The monoisotopic (exact) mass is 118 g/mol. The van der Waals surface area contributed by atoms with E-state index < -0.39 is 0 Å². The first-order chi connectivity index (χ1) is 3.30. The summed E-state index contributed by atoms with van der Waals surface area (Å²) in [6.07, 6.45) is 0. The van der Waals surface area contributed by atoms with Crippen LogP contribution in [0.5, 0.6) is 0 Å². The highest BCUT2D eigenvalue weighted by atomic mass is 32.1. The van der Waals surface area contributed by atoms with Gasteiger partial charge in [-0.15, -0.1) is 0 Å². The van der Waals surface area contributed by atoms with Crippen LogP contribution in [0.3, 0.4) is 0 Å². The summed E-state index contributed by atoms with van der Waals surface area (Å²) < 4.78 is 1.35. The van der Waals surface area contributed by atoms with Gasteiger partial charge in [0.2, 0.25) is 0 Å². The molecule has 0 aliphatic carbocycles. The molecule has 0 bridgehead atoms. The summed E-state index contributed by atoms with van der Waals surface area (Å²) in [5.74, 6) is 0. The Kier molecular flexibility index (Phi) is 1.10. The third-order valence-corrected chi connectivity index (χ3v) is 1.22. The van der Waals surface area contributed by atoms with Crippen molar-refractivity contribution in [3.05, 3.63) is 0 Å². The van der Waals surface area contributed by atoms with E-state index in [0.717, 1.165) is 6.54 Å². The second-order valence-corrected chi connectivity index (χ2v) is 1.84. The number of amides is 2. The van der Waals surface area contributed by atoms with Crippen LogP contribution in [0.25, 0.3) is 0 Å². The first-order valence-corrected chi connectivity index (χ1v) is 2.45. The molecule has 0 spiro atoms. The molecule has 1 fully saturated rings. The average Bonchev–Trinajstić information content (AvgIpc) is 1.91. The molecule has 1 heterocycles. The highest BCUT2D eigenvalue weighted by Gasteiger charge is 2.14. The van der Waals surface area contributed by atoms with E-state index in [9.17, 15) is 4.79 Å². The van der Waals surface area contributed by atoms with Crippen LogP contribution in [-0.2, 0) is 0 Å². The van der Waals surface area contributed by atoms with Crippen LogP contribution in [0.2, 0.25) is 0 Å². The molecule has 1 rings (SSSR count). The number of carbonyl (C=O) groups is 1. The maximum absolute atomic E-state index is 10.3. The Morgan fingerprint density at radius 3 is 2.71 bits per heavy atom. The number of rotatable bonds is 0. The van der Waals surface area contributed by atoms with E-state index >= 15 is 0 Å². The predicted molar refractivity (Wildman–Crippen MR) is 29.1 cm³/mol. The van der Waals surface area contributed by atoms with Crippen LogP contribution < -0.4 is 5.32 Å². The van der Waals surface area contributed by atoms with E-state index in [2.05, 4.69) is 18.1 Å². The summed E-state index contributed by atoms with van der Waals surface area (Å²) in [6, 6.07) is -0.0941. The molecule has 1 aliphatic rings. The Bertz CT molecular complexity index is 94.9. The number of nitrogens with zero attached hydrogens (tertiary/aromatic N) is 1. The zero-order valence-corrected chi connectivity index (χ0v) is 4.61. The third kappa shape index (κ3) is 0.796. The zero-order chi connectivity index (χ0) is 5.28. The first kappa shape index (κ1) is 4.77. The van der Waals surface area contributed by atoms with E-state index in [1.54, 1.807) is 0 Å². The molecule has 2 amide bonds.